The van der Waals surface area contributed by atoms with Crippen LogP contribution in [0.1, 0.15) is 25.3 Å². The highest BCUT2D eigenvalue weighted by Gasteiger charge is 2.09. The van der Waals surface area contributed by atoms with E-state index >= 15 is 0 Å². The fourth-order valence-corrected chi connectivity index (χ4v) is 2.07. The van der Waals surface area contributed by atoms with E-state index in [-0.39, 0.29) is 0 Å². The summed E-state index contributed by atoms with van der Waals surface area (Å²) in [5.41, 5.74) is 4.05. The van der Waals surface area contributed by atoms with Gasteiger partial charge in [0.05, 0.1) is 6.57 Å². The Morgan fingerprint density at radius 1 is 1.05 bits per heavy atom. The quantitative estimate of drug-likeness (QED) is 0.685. The number of anilines is 2. The van der Waals surface area contributed by atoms with Crippen molar-refractivity contribution in [3.05, 3.63) is 65.5 Å². The van der Waals surface area contributed by atoms with Crippen molar-refractivity contribution < 1.29 is 0 Å². The van der Waals surface area contributed by atoms with Crippen molar-refractivity contribution in [3.8, 4) is 0 Å². The molecular formula is C17H18N2. The van der Waals surface area contributed by atoms with Gasteiger partial charge in [0.15, 0.2) is 0 Å². The highest BCUT2D eigenvalue weighted by atomic mass is 15.1. The van der Waals surface area contributed by atoms with Gasteiger partial charge in [0, 0.05) is 18.4 Å². The molecule has 0 aliphatic heterocycles. The van der Waals surface area contributed by atoms with Crippen molar-refractivity contribution in [3.63, 3.8) is 0 Å². The van der Waals surface area contributed by atoms with Gasteiger partial charge in [-0.05, 0) is 29.7 Å². The molecule has 0 N–H and O–H groups in total. The molecule has 0 heterocycles. The molecule has 2 aromatic rings. The minimum atomic E-state index is 0.504. The maximum Gasteiger partial charge on any atom is 0.210 e. The van der Waals surface area contributed by atoms with E-state index in [4.69, 9.17) is 6.57 Å². The van der Waals surface area contributed by atoms with Crippen molar-refractivity contribution in [1.82, 2.24) is 0 Å². The molecule has 0 aliphatic rings. The Morgan fingerprint density at radius 3 is 2.47 bits per heavy atom. The smallest absolute Gasteiger partial charge is 0.210 e. The van der Waals surface area contributed by atoms with Crippen LogP contribution in [0.3, 0.4) is 0 Å². The summed E-state index contributed by atoms with van der Waals surface area (Å²) in [6.07, 6.45) is 0. The Hall–Kier alpha value is -2.27. The fourth-order valence-electron chi connectivity index (χ4n) is 2.07. The fraction of sp³-hybridized carbons (Fsp3) is 0.235. The number of rotatable bonds is 3. The minimum Gasteiger partial charge on any atom is -0.354 e. The number of hydrogen-bond donors (Lipinski definition) is 0. The lowest BCUT2D eigenvalue weighted by Gasteiger charge is -2.22. The lowest BCUT2D eigenvalue weighted by molar-refractivity contribution is 0.866. The molecule has 0 fully saturated rings. The largest absolute Gasteiger partial charge is 0.354 e. The molecule has 0 saturated carbocycles. The third-order valence-corrected chi connectivity index (χ3v) is 3.29. The SMILES string of the molecule is [C-]#[N+]c1ccccc1N(C)c1cccc(C(C)C)c1. The molecule has 0 radical (unpaired) electrons. The Morgan fingerprint density at radius 2 is 1.79 bits per heavy atom. The van der Waals surface area contributed by atoms with E-state index in [2.05, 4.69) is 47.9 Å². The zero-order chi connectivity index (χ0) is 13.8. The highest BCUT2D eigenvalue weighted by molar-refractivity contribution is 5.76. The average molecular weight is 250 g/mol. The van der Waals surface area contributed by atoms with E-state index < -0.39 is 0 Å². The second-order valence-electron chi connectivity index (χ2n) is 4.91. The number of nitrogens with zero attached hydrogens (tertiary/aromatic N) is 2. The van der Waals surface area contributed by atoms with E-state index in [1.165, 1.54) is 5.56 Å². The van der Waals surface area contributed by atoms with Gasteiger partial charge in [-0.2, -0.15) is 0 Å². The molecule has 0 aromatic heterocycles. The first-order chi connectivity index (χ1) is 9.13. The monoisotopic (exact) mass is 250 g/mol. The lowest BCUT2D eigenvalue weighted by atomic mass is 10.0. The molecule has 19 heavy (non-hydrogen) atoms. The van der Waals surface area contributed by atoms with Gasteiger partial charge in [-0.15, -0.1) is 0 Å². The molecule has 0 aliphatic carbocycles. The average Bonchev–Trinajstić information content (AvgIpc) is 2.46. The van der Waals surface area contributed by atoms with Crippen molar-refractivity contribution >= 4 is 17.1 Å². The molecule has 0 saturated heterocycles. The van der Waals surface area contributed by atoms with Crippen LogP contribution in [0.25, 0.3) is 4.85 Å². The van der Waals surface area contributed by atoms with E-state index in [0.717, 1.165) is 11.4 Å². The lowest BCUT2D eigenvalue weighted by Crippen LogP contribution is -2.09. The van der Waals surface area contributed by atoms with E-state index in [0.29, 0.717) is 11.6 Å². The van der Waals surface area contributed by atoms with Gasteiger partial charge in [-0.3, -0.25) is 0 Å². The number of para-hydroxylation sites is 2. The van der Waals surface area contributed by atoms with Crippen molar-refractivity contribution in [2.75, 3.05) is 11.9 Å². The first-order valence-corrected chi connectivity index (χ1v) is 6.43. The molecule has 0 spiro atoms. The number of benzene rings is 2. The van der Waals surface area contributed by atoms with Gasteiger partial charge in [-0.25, -0.2) is 4.85 Å². The third kappa shape index (κ3) is 2.77. The van der Waals surface area contributed by atoms with Gasteiger partial charge in [0.2, 0.25) is 5.69 Å². The molecule has 2 nitrogen and oxygen atoms in total. The Balaban J connectivity index is 2.42. The first kappa shape index (κ1) is 13.2. The van der Waals surface area contributed by atoms with Gasteiger partial charge < -0.3 is 4.90 Å². The van der Waals surface area contributed by atoms with Crippen LogP contribution in [0.2, 0.25) is 0 Å². The Labute approximate surface area is 115 Å². The van der Waals surface area contributed by atoms with E-state index in [9.17, 15) is 0 Å². The van der Waals surface area contributed by atoms with Crippen LogP contribution in [0, 0.1) is 6.57 Å². The summed E-state index contributed by atoms with van der Waals surface area (Å²) in [5, 5.41) is 0. The molecule has 96 valence electrons. The summed E-state index contributed by atoms with van der Waals surface area (Å²) >= 11 is 0. The maximum atomic E-state index is 7.25. The second kappa shape index (κ2) is 5.58. The molecule has 0 atom stereocenters. The van der Waals surface area contributed by atoms with Crippen LogP contribution >= 0.6 is 0 Å². The van der Waals surface area contributed by atoms with Crippen molar-refractivity contribution in [2.45, 2.75) is 19.8 Å². The zero-order valence-corrected chi connectivity index (χ0v) is 11.6. The molecule has 0 unspecified atom stereocenters. The molecule has 0 bridgehead atoms. The van der Waals surface area contributed by atoms with Crippen LogP contribution in [0.4, 0.5) is 17.1 Å². The summed E-state index contributed by atoms with van der Waals surface area (Å²) in [6, 6.07) is 16.2. The normalized spacial score (nSPS) is 10.3. The first-order valence-electron chi connectivity index (χ1n) is 6.43. The predicted molar refractivity (Wildman–Crippen MR) is 81.3 cm³/mol. The van der Waals surface area contributed by atoms with Crippen LogP contribution < -0.4 is 4.90 Å². The summed E-state index contributed by atoms with van der Waals surface area (Å²) in [5.74, 6) is 0.504. The summed E-state index contributed by atoms with van der Waals surface area (Å²) < 4.78 is 0. The van der Waals surface area contributed by atoms with Gasteiger partial charge in [0.25, 0.3) is 0 Å². The van der Waals surface area contributed by atoms with Crippen LogP contribution in [0.15, 0.2) is 48.5 Å². The van der Waals surface area contributed by atoms with Crippen LogP contribution in [-0.2, 0) is 0 Å². The van der Waals surface area contributed by atoms with Crippen molar-refractivity contribution in [1.29, 1.82) is 0 Å². The minimum absolute atomic E-state index is 0.504. The molecule has 2 heteroatoms. The molecule has 2 rings (SSSR count). The zero-order valence-electron chi connectivity index (χ0n) is 11.6. The predicted octanol–water partition coefficient (Wildman–Crippen LogP) is 5.13. The van der Waals surface area contributed by atoms with E-state index in [1.54, 1.807) is 0 Å². The molecule has 2 aromatic carbocycles. The second-order valence-corrected chi connectivity index (χ2v) is 4.91. The van der Waals surface area contributed by atoms with Crippen LogP contribution in [-0.4, -0.2) is 7.05 Å². The summed E-state index contributed by atoms with van der Waals surface area (Å²) in [4.78, 5) is 5.65. The maximum absolute atomic E-state index is 7.25. The Kier molecular flexibility index (Phi) is 3.87. The van der Waals surface area contributed by atoms with Gasteiger partial charge in [0.1, 0.15) is 0 Å². The third-order valence-electron chi connectivity index (χ3n) is 3.29. The topological polar surface area (TPSA) is 7.60 Å². The van der Waals surface area contributed by atoms with E-state index in [1.807, 2.05) is 31.3 Å². The van der Waals surface area contributed by atoms with Crippen LogP contribution in [0.5, 0.6) is 0 Å². The summed E-state index contributed by atoms with van der Waals surface area (Å²) in [7, 11) is 2.00. The molecule has 0 amide bonds. The Bertz CT molecular complexity index is 609. The van der Waals surface area contributed by atoms with Gasteiger partial charge in [-0.1, -0.05) is 44.2 Å². The number of hydrogen-bond acceptors (Lipinski definition) is 1. The van der Waals surface area contributed by atoms with Crippen molar-refractivity contribution in [2.24, 2.45) is 0 Å². The summed E-state index contributed by atoms with van der Waals surface area (Å²) in [6.45, 7) is 11.6. The van der Waals surface area contributed by atoms with Gasteiger partial charge >= 0.3 is 0 Å². The highest BCUT2D eigenvalue weighted by Crippen LogP contribution is 2.33. The molecular weight excluding hydrogens is 232 g/mol. The standard InChI is InChI=1S/C17H18N2/c1-13(2)14-8-7-9-15(12-14)19(4)17-11-6-5-10-16(17)18-3/h5-13H,1-2,4H3.